The van der Waals surface area contributed by atoms with E-state index in [4.69, 9.17) is 4.74 Å². The third-order valence-electron chi connectivity index (χ3n) is 4.94. The van der Waals surface area contributed by atoms with Crippen molar-refractivity contribution in [3.8, 4) is 5.75 Å². The highest BCUT2D eigenvalue weighted by molar-refractivity contribution is 5.80. The van der Waals surface area contributed by atoms with Crippen LogP contribution >= 0.6 is 0 Å². The van der Waals surface area contributed by atoms with Gasteiger partial charge in [-0.05, 0) is 50.6 Å². The molecule has 0 aromatic heterocycles. The van der Waals surface area contributed by atoms with Gasteiger partial charge in [0, 0.05) is 6.54 Å². The summed E-state index contributed by atoms with van der Waals surface area (Å²) in [5.41, 5.74) is 2.89. The molecular formula is C22H26N2O3. The molecule has 3 rings (SSSR count). The number of aldehydes is 1. The predicted octanol–water partition coefficient (Wildman–Crippen LogP) is 3.14. The highest BCUT2D eigenvalue weighted by Gasteiger charge is 2.24. The van der Waals surface area contributed by atoms with Crippen LogP contribution in [-0.2, 0) is 4.79 Å². The summed E-state index contributed by atoms with van der Waals surface area (Å²) in [4.78, 5) is 25.7. The molecule has 142 valence electrons. The second-order valence-corrected chi connectivity index (χ2v) is 6.92. The summed E-state index contributed by atoms with van der Waals surface area (Å²) in [6.45, 7) is 4.62. The Morgan fingerprint density at radius 3 is 2.56 bits per heavy atom. The molecule has 1 unspecified atom stereocenters. The minimum absolute atomic E-state index is 0.106. The zero-order valence-electron chi connectivity index (χ0n) is 15.7. The van der Waals surface area contributed by atoms with E-state index in [9.17, 15) is 9.59 Å². The van der Waals surface area contributed by atoms with Crippen molar-refractivity contribution in [2.45, 2.75) is 25.8 Å². The van der Waals surface area contributed by atoms with Crippen LogP contribution in [0.25, 0.3) is 0 Å². The summed E-state index contributed by atoms with van der Waals surface area (Å²) in [6, 6.07) is 15.6. The van der Waals surface area contributed by atoms with Crippen molar-refractivity contribution < 1.29 is 14.3 Å². The molecule has 1 aliphatic rings. The summed E-state index contributed by atoms with van der Waals surface area (Å²) >= 11 is 0. The summed E-state index contributed by atoms with van der Waals surface area (Å²) in [7, 11) is 0. The fourth-order valence-corrected chi connectivity index (χ4v) is 3.41. The van der Waals surface area contributed by atoms with Gasteiger partial charge in [0.15, 0.2) is 12.9 Å². The van der Waals surface area contributed by atoms with Crippen LogP contribution in [0.2, 0.25) is 0 Å². The average molecular weight is 366 g/mol. The molecular weight excluding hydrogens is 340 g/mol. The van der Waals surface area contributed by atoms with Gasteiger partial charge >= 0.3 is 0 Å². The van der Waals surface area contributed by atoms with Gasteiger partial charge in [0.2, 0.25) is 0 Å². The van der Waals surface area contributed by atoms with Gasteiger partial charge < -0.3 is 10.1 Å². The molecule has 0 aliphatic carbocycles. The number of likely N-dealkylation sites (tertiary alicyclic amines) is 1. The predicted molar refractivity (Wildman–Crippen MR) is 105 cm³/mol. The summed E-state index contributed by atoms with van der Waals surface area (Å²) in [5, 5.41) is 2.99. The smallest absolute Gasteiger partial charge is 0.258 e. The SMILES string of the molecule is Cc1ccc(C(CNC(=O)COc2ccccc2C=O)N2CCCC2)cc1. The van der Waals surface area contributed by atoms with Gasteiger partial charge in [-0.15, -0.1) is 0 Å². The molecule has 0 radical (unpaired) electrons. The Bertz CT molecular complexity index is 767. The maximum Gasteiger partial charge on any atom is 0.258 e. The third kappa shape index (κ3) is 5.17. The number of hydrogen-bond donors (Lipinski definition) is 1. The van der Waals surface area contributed by atoms with Gasteiger partial charge in [-0.3, -0.25) is 14.5 Å². The van der Waals surface area contributed by atoms with E-state index < -0.39 is 0 Å². The number of ether oxygens (including phenoxy) is 1. The molecule has 0 saturated carbocycles. The van der Waals surface area contributed by atoms with E-state index in [0.717, 1.165) is 19.4 Å². The number of amides is 1. The number of nitrogens with one attached hydrogen (secondary N) is 1. The monoisotopic (exact) mass is 366 g/mol. The van der Waals surface area contributed by atoms with Crippen molar-refractivity contribution in [3.63, 3.8) is 0 Å². The Labute approximate surface area is 160 Å². The summed E-state index contributed by atoms with van der Waals surface area (Å²) in [5.74, 6) is 0.240. The van der Waals surface area contributed by atoms with Crippen LogP contribution < -0.4 is 10.1 Å². The molecule has 0 spiro atoms. The molecule has 2 aromatic rings. The van der Waals surface area contributed by atoms with Crippen molar-refractivity contribution in [3.05, 3.63) is 65.2 Å². The lowest BCUT2D eigenvalue weighted by atomic mass is 10.0. The van der Waals surface area contributed by atoms with Crippen LogP contribution in [0.1, 0.15) is 40.4 Å². The molecule has 1 aliphatic heterocycles. The largest absolute Gasteiger partial charge is 0.483 e. The summed E-state index contributed by atoms with van der Waals surface area (Å²) < 4.78 is 5.51. The van der Waals surface area contributed by atoms with Crippen LogP contribution in [0.3, 0.4) is 0 Å². The molecule has 5 nitrogen and oxygen atoms in total. The molecule has 1 fully saturated rings. The summed E-state index contributed by atoms with van der Waals surface area (Å²) in [6.07, 6.45) is 3.12. The van der Waals surface area contributed by atoms with Gasteiger partial charge in [0.1, 0.15) is 5.75 Å². The molecule has 1 saturated heterocycles. The number of nitrogens with zero attached hydrogens (tertiary/aromatic N) is 1. The number of para-hydroxylation sites is 1. The molecule has 1 amide bonds. The Morgan fingerprint density at radius 1 is 1.15 bits per heavy atom. The van der Waals surface area contributed by atoms with Gasteiger partial charge in [0.25, 0.3) is 5.91 Å². The lowest BCUT2D eigenvalue weighted by Gasteiger charge is -2.28. The van der Waals surface area contributed by atoms with Crippen LogP contribution in [0.5, 0.6) is 5.75 Å². The van der Waals surface area contributed by atoms with Crippen molar-refractivity contribution in [2.75, 3.05) is 26.2 Å². The van der Waals surface area contributed by atoms with Crippen molar-refractivity contribution in [2.24, 2.45) is 0 Å². The van der Waals surface area contributed by atoms with Crippen molar-refractivity contribution in [1.29, 1.82) is 0 Å². The van der Waals surface area contributed by atoms with Gasteiger partial charge in [-0.1, -0.05) is 42.0 Å². The minimum Gasteiger partial charge on any atom is -0.483 e. The average Bonchev–Trinajstić information content (AvgIpc) is 3.22. The Kier molecular flexibility index (Phi) is 6.60. The van der Waals surface area contributed by atoms with Crippen LogP contribution in [0.15, 0.2) is 48.5 Å². The first-order chi connectivity index (χ1) is 13.2. The quantitative estimate of drug-likeness (QED) is 0.729. The van der Waals surface area contributed by atoms with Crippen LogP contribution in [0, 0.1) is 6.92 Å². The number of aryl methyl sites for hydroxylation is 1. The lowest BCUT2D eigenvalue weighted by Crippen LogP contribution is -2.38. The van der Waals surface area contributed by atoms with E-state index >= 15 is 0 Å². The highest BCUT2D eigenvalue weighted by atomic mass is 16.5. The fraction of sp³-hybridized carbons (Fsp3) is 0.364. The van der Waals surface area contributed by atoms with E-state index in [0.29, 0.717) is 17.9 Å². The van der Waals surface area contributed by atoms with Crippen LogP contribution in [0.4, 0.5) is 0 Å². The number of carbonyl (C=O) groups is 2. The van der Waals surface area contributed by atoms with Gasteiger partial charge in [-0.25, -0.2) is 0 Å². The number of benzene rings is 2. The first-order valence-corrected chi connectivity index (χ1v) is 9.41. The van der Waals surface area contributed by atoms with Gasteiger partial charge in [-0.2, -0.15) is 0 Å². The zero-order chi connectivity index (χ0) is 19.1. The molecule has 0 bridgehead atoms. The topological polar surface area (TPSA) is 58.6 Å². The normalized spacial score (nSPS) is 15.3. The fourth-order valence-electron chi connectivity index (χ4n) is 3.41. The first-order valence-electron chi connectivity index (χ1n) is 9.41. The van der Waals surface area contributed by atoms with Gasteiger partial charge in [0.05, 0.1) is 11.6 Å². The molecule has 1 atom stereocenters. The Balaban J connectivity index is 1.58. The van der Waals surface area contributed by atoms with Crippen LogP contribution in [-0.4, -0.2) is 43.3 Å². The molecule has 1 N–H and O–H groups in total. The van der Waals surface area contributed by atoms with E-state index in [1.54, 1.807) is 24.3 Å². The zero-order valence-corrected chi connectivity index (χ0v) is 15.7. The first kappa shape index (κ1) is 19.1. The number of carbonyl (C=O) groups excluding carboxylic acids is 2. The second-order valence-electron chi connectivity index (χ2n) is 6.92. The minimum atomic E-state index is -0.188. The van der Waals surface area contributed by atoms with E-state index in [1.807, 2.05) is 0 Å². The third-order valence-corrected chi connectivity index (χ3v) is 4.94. The second kappa shape index (κ2) is 9.33. The molecule has 5 heteroatoms. The maximum atomic E-state index is 12.3. The standard InChI is InChI=1S/C22H26N2O3/c1-17-8-10-18(11-9-17)20(24-12-4-5-13-24)14-23-22(26)16-27-21-7-3-2-6-19(21)15-25/h2-3,6-11,15,20H,4-5,12-14,16H2,1H3,(H,23,26). The molecule has 2 aromatic carbocycles. The Morgan fingerprint density at radius 2 is 1.85 bits per heavy atom. The lowest BCUT2D eigenvalue weighted by molar-refractivity contribution is -0.123. The Hall–Kier alpha value is -2.66. The molecule has 1 heterocycles. The van der Waals surface area contributed by atoms with E-state index in [2.05, 4.69) is 41.4 Å². The highest BCUT2D eigenvalue weighted by Crippen LogP contribution is 2.25. The maximum absolute atomic E-state index is 12.3. The van der Waals surface area contributed by atoms with E-state index in [-0.39, 0.29) is 18.6 Å². The number of hydrogen-bond acceptors (Lipinski definition) is 4. The van der Waals surface area contributed by atoms with Crippen molar-refractivity contribution in [1.82, 2.24) is 10.2 Å². The molecule has 27 heavy (non-hydrogen) atoms. The van der Waals surface area contributed by atoms with Crippen molar-refractivity contribution >= 4 is 12.2 Å². The van der Waals surface area contributed by atoms with E-state index in [1.165, 1.54) is 24.0 Å². The number of rotatable bonds is 8.